The zero-order valence-corrected chi connectivity index (χ0v) is 17.5. The van der Waals surface area contributed by atoms with Gasteiger partial charge >= 0.3 is 0 Å². The van der Waals surface area contributed by atoms with Crippen molar-refractivity contribution in [1.29, 1.82) is 0 Å². The van der Waals surface area contributed by atoms with Crippen LogP contribution >= 0.6 is 0 Å². The van der Waals surface area contributed by atoms with E-state index in [1.54, 1.807) is 0 Å². The van der Waals surface area contributed by atoms with Gasteiger partial charge in [-0.2, -0.15) is 0 Å². The molecular formula is C32H20. The zero-order valence-electron chi connectivity index (χ0n) is 17.5. The van der Waals surface area contributed by atoms with Crippen LogP contribution in [0.15, 0.2) is 97.1 Å². The highest BCUT2D eigenvalue weighted by Gasteiger charge is 2.01. The van der Waals surface area contributed by atoms with Crippen molar-refractivity contribution in [1.82, 2.24) is 0 Å². The maximum atomic E-state index is 3.38. The molecule has 0 heterocycles. The van der Waals surface area contributed by atoms with Crippen molar-refractivity contribution in [2.45, 2.75) is 0 Å². The van der Waals surface area contributed by atoms with Crippen LogP contribution in [0, 0.1) is 23.7 Å². The van der Waals surface area contributed by atoms with Gasteiger partial charge < -0.3 is 0 Å². The average Bonchev–Trinajstić information content (AvgIpc) is 2.85. The third-order valence-corrected chi connectivity index (χ3v) is 5.39. The van der Waals surface area contributed by atoms with Crippen LogP contribution in [0.3, 0.4) is 0 Å². The second-order valence-corrected chi connectivity index (χ2v) is 7.52. The number of hydrogen-bond acceptors (Lipinski definition) is 0. The summed E-state index contributed by atoms with van der Waals surface area (Å²) >= 11 is 0. The highest BCUT2D eigenvalue weighted by Crippen LogP contribution is 2.18. The minimum absolute atomic E-state index is 1.00. The van der Waals surface area contributed by atoms with E-state index in [-0.39, 0.29) is 0 Å². The van der Waals surface area contributed by atoms with Gasteiger partial charge in [0.25, 0.3) is 0 Å². The molecule has 0 saturated heterocycles. The summed E-state index contributed by atoms with van der Waals surface area (Å²) in [5.41, 5.74) is 8.38. The lowest BCUT2D eigenvalue weighted by atomic mass is 10.0. The van der Waals surface area contributed by atoms with Gasteiger partial charge in [0.15, 0.2) is 0 Å². The number of hydrogen-bond donors (Lipinski definition) is 0. The first-order chi connectivity index (χ1) is 15.9. The molecule has 5 rings (SSSR count). The van der Waals surface area contributed by atoms with Crippen molar-refractivity contribution in [3.63, 3.8) is 0 Å². The fourth-order valence-electron chi connectivity index (χ4n) is 3.65. The van der Waals surface area contributed by atoms with Crippen LogP contribution in [-0.2, 0) is 0 Å². The maximum absolute atomic E-state index is 3.38. The molecule has 0 bridgehead atoms. The third kappa shape index (κ3) is 4.32. The molecule has 0 unspecified atom stereocenters. The lowest BCUT2D eigenvalue weighted by Gasteiger charge is -2.03. The molecule has 4 aromatic rings. The van der Waals surface area contributed by atoms with Crippen molar-refractivity contribution < 1.29 is 0 Å². The number of rotatable bonds is 0. The Hall–Kier alpha value is -4.52. The van der Waals surface area contributed by atoms with Gasteiger partial charge in [-0.1, -0.05) is 121 Å². The molecule has 0 N–H and O–H groups in total. The van der Waals surface area contributed by atoms with Crippen LogP contribution in [0.25, 0.3) is 24.3 Å². The molecule has 1 aliphatic carbocycles. The molecular weight excluding hydrogens is 384 g/mol. The fraction of sp³-hybridized carbons (Fsp3) is 0. The van der Waals surface area contributed by atoms with Gasteiger partial charge in [-0.3, -0.25) is 0 Å². The topological polar surface area (TPSA) is 0 Å². The first-order valence-corrected chi connectivity index (χ1v) is 10.6. The number of benzene rings is 4. The summed E-state index contributed by atoms with van der Waals surface area (Å²) in [5, 5.41) is 0. The summed E-state index contributed by atoms with van der Waals surface area (Å²) in [4.78, 5) is 0. The van der Waals surface area contributed by atoms with E-state index >= 15 is 0 Å². The smallest absolute Gasteiger partial charge is 0.0321 e. The molecule has 0 amide bonds. The van der Waals surface area contributed by atoms with E-state index in [1.807, 2.05) is 48.5 Å². The Morgan fingerprint density at radius 1 is 0.281 bits per heavy atom. The van der Waals surface area contributed by atoms with Gasteiger partial charge in [0.1, 0.15) is 0 Å². The molecule has 0 aliphatic heterocycles. The van der Waals surface area contributed by atoms with Crippen molar-refractivity contribution >= 4 is 24.3 Å². The van der Waals surface area contributed by atoms with Crippen molar-refractivity contribution in [2.24, 2.45) is 0 Å². The largest absolute Gasteiger partial charge is 0.0616 e. The van der Waals surface area contributed by atoms with Gasteiger partial charge in [0, 0.05) is 22.3 Å². The van der Waals surface area contributed by atoms with E-state index in [4.69, 9.17) is 0 Å². The molecule has 0 aromatic heterocycles. The first kappa shape index (κ1) is 19.4. The van der Waals surface area contributed by atoms with Gasteiger partial charge in [0.05, 0.1) is 0 Å². The fourth-order valence-corrected chi connectivity index (χ4v) is 3.65. The Balaban J connectivity index is 1.73. The van der Waals surface area contributed by atoms with Crippen LogP contribution in [0.5, 0.6) is 0 Å². The highest BCUT2D eigenvalue weighted by molar-refractivity contribution is 5.78. The SMILES string of the molecule is C1#Cc2ccccc2/C=C\c2ccccc2C#Cc2ccccc2/C=C\c2ccccc21. The van der Waals surface area contributed by atoms with Gasteiger partial charge in [-0.15, -0.1) is 0 Å². The second kappa shape index (κ2) is 9.09. The Morgan fingerprint density at radius 3 is 0.750 bits per heavy atom. The predicted molar refractivity (Wildman–Crippen MR) is 136 cm³/mol. The van der Waals surface area contributed by atoms with Gasteiger partial charge in [0.2, 0.25) is 0 Å². The van der Waals surface area contributed by atoms with Crippen LogP contribution in [0.2, 0.25) is 0 Å². The molecule has 4 aromatic carbocycles. The predicted octanol–water partition coefficient (Wildman–Crippen LogP) is 7.14. The maximum Gasteiger partial charge on any atom is 0.0321 e. The summed E-state index contributed by atoms with van der Waals surface area (Å²) in [5.74, 6) is 13.5. The molecule has 32 heavy (non-hydrogen) atoms. The third-order valence-electron chi connectivity index (χ3n) is 5.39. The summed E-state index contributed by atoms with van der Waals surface area (Å²) in [6, 6.07) is 32.9. The highest BCUT2D eigenvalue weighted by atomic mass is 14.0. The molecule has 0 radical (unpaired) electrons. The van der Waals surface area contributed by atoms with Gasteiger partial charge in [-0.05, 0) is 46.5 Å². The van der Waals surface area contributed by atoms with Crippen molar-refractivity contribution in [3.8, 4) is 23.7 Å². The van der Waals surface area contributed by atoms with E-state index in [0.29, 0.717) is 0 Å². The summed E-state index contributed by atoms with van der Waals surface area (Å²) < 4.78 is 0. The molecule has 0 saturated carbocycles. The molecule has 148 valence electrons. The standard InChI is InChI=1S/C32H20/c1-2-10-26-19-20-28-12-5-6-14-30(28)23-24-32-16-8-7-15-31(32)22-21-29-13-4-3-11-27(29)18-17-25(26)9-1/h1-18,23-24H/b18-17-,24-23-,25-17?,27-18?,30-23?,32-24?. The van der Waals surface area contributed by atoms with E-state index in [9.17, 15) is 0 Å². The molecule has 0 spiro atoms. The Kier molecular flexibility index (Phi) is 5.53. The quantitative estimate of drug-likeness (QED) is 0.241. The lowest BCUT2D eigenvalue weighted by Crippen LogP contribution is -1.87. The van der Waals surface area contributed by atoms with Crippen molar-refractivity contribution in [3.05, 3.63) is 142 Å². The van der Waals surface area contributed by atoms with E-state index in [0.717, 1.165) is 44.5 Å². The normalized spacial score (nSPS) is 13.5. The summed E-state index contributed by atoms with van der Waals surface area (Å²) in [6.45, 7) is 0. The van der Waals surface area contributed by atoms with E-state index in [1.165, 1.54) is 0 Å². The number of fused-ring (bicyclic) bond motifs is 4. The van der Waals surface area contributed by atoms with E-state index in [2.05, 4.69) is 96.5 Å². The van der Waals surface area contributed by atoms with Crippen LogP contribution in [0.4, 0.5) is 0 Å². The molecule has 0 heteroatoms. The Labute approximate surface area is 189 Å². The Morgan fingerprint density at radius 2 is 0.500 bits per heavy atom. The summed E-state index contributed by atoms with van der Waals surface area (Å²) in [6.07, 6.45) is 8.48. The van der Waals surface area contributed by atoms with Gasteiger partial charge in [-0.25, -0.2) is 0 Å². The van der Waals surface area contributed by atoms with E-state index < -0.39 is 0 Å². The second-order valence-electron chi connectivity index (χ2n) is 7.52. The minimum Gasteiger partial charge on any atom is -0.0616 e. The van der Waals surface area contributed by atoms with Crippen LogP contribution in [-0.4, -0.2) is 0 Å². The van der Waals surface area contributed by atoms with Crippen molar-refractivity contribution in [2.75, 3.05) is 0 Å². The van der Waals surface area contributed by atoms with Crippen LogP contribution in [0.1, 0.15) is 44.5 Å². The monoisotopic (exact) mass is 404 g/mol. The van der Waals surface area contributed by atoms with Crippen LogP contribution < -0.4 is 0 Å². The first-order valence-electron chi connectivity index (χ1n) is 10.6. The lowest BCUT2D eigenvalue weighted by molar-refractivity contribution is 1.56. The average molecular weight is 405 g/mol. The zero-order chi connectivity index (χ0) is 21.6. The summed E-state index contributed by atoms with van der Waals surface area (Å²) in [7, 11) is 0. The molecule has 0 nitrogen and oxygen atoms in total. The Bertz CT molecular complexity index is 1250. The minimum atomic E-state index is 1.00. The molecule has 1 aliphatic rings. The molecule has 0 atom stereocenters. The molecule has 0 fully saturated rings.